The lowest BCUT2D eigenvalue weighted by Gasteiger charge is -2.02. The van der Waals surface area contributed by atoms with Gasteiger partial charge >= 0.3 is 5.97 Å². The van der Waals surface area contributed by atoms with Crippen LogP contribution in [0.4, 0.5) is 0 Å². The molecule has 1 heterocycles. The molecular weight excluding hydrogens is 244 g/mol. The zero-order valence-corrected chi connectivity index (χ0v) is 10.7. The molecule has 2 aromatic rings. The van der Waals surface area contributed by atoms with Gasteiger partial charge in [-0.25, -0.2) is 4.68 Å². The summed E-state index contributed by atoms with van der Waals surface area (Å²) < 4.78 is 1.68. The Morgan fingerprint density at radius 2 is 2.11 bits per heavy atom. The molecular formula is C13H16N4O2. The van der Waals surface area contributed by atoms with Crippen molar-refractivity contribution in [2.75, 3.05) is 0 Å². The summed E-state index contributed by atoms with van der Waals surface area (Å²) in [4.78, 5) is 10.7. The topological polar surface area (TPSA) is 94.0 Å². The Morgan fingerprint density at radius 3 is 2.74 bits per heavy atom. The Bertz CT molecular complexity index is 562. The van der Waals surface area contributed by atoms with E-state index in [4.69, 9.17) is 10.8 Å². The molecule has 1 aromatic carbocycles. The summed E-state index contributed by atoms with van der Waals surface area (Å²) in [5.41, 5.74) is 8.36. The zero-order valence-electron chi connectivity index (χ0n) is 10.7. The Morgan fingerprint density at radius 1 is 1.42 bits per heavy atom. The minimum Gasteiger partial charge on any atom is -0.480 e. The van der Waals surface area contributed by atoms with Gasteiger partial charge in [0, 0.05) is 12.6 Å². The number of aliphatic carboxylic acids is 1. The van der Waals surface area contributed by atoms with Gasteiger partial charge in [0.05, 0.1) is 12.2 Å². The first-order valence-electron chi connectivity index (χ1n) is 5.97. The van der Waals surface area contributed by atoms with Gasteiger partial charge in [0.25, 0.3) is 0 Å². The second kappa shape index (κ2) is 5.62. The van der Waals surface area contributed by atoms with Gasteiger partial charge in [0.2, 0.25) is 0 Å². The van der Waals surface area contributed by atoms with Crippen molar-refractivity contribution in [3.05, 3.63) is 47.3 Å². The summed E-state index contributed by atoms with van der Waals surface area (Å²) in [5, 5.41) is 16.6. The maximum Gasteiger partial charge on any atom is 0.320 e. The van der Waals surface area contributed by atoms with Crippen molar-refractivity contribution in [1.29, 1.82) is 0 Å². The summed E-state index contributed by atoms with van der Waals surface area (Å²) in [5.74, 6) is -1.03. The third-order valence-electron chi connectivity index (χ3n) is 2.80. The summed E-state index contributed by atoms with van der Waals surface area (Å²) in [7, 11) is 0. The van der Waals surface area contributed by atoms with Crippen LogP contribution >= 0.6 is 0 Å². The van der Waals surface area contributed by atoms with Gasteiger partial charge < -0.3 is 10.8 Å². The summed E-state index contributed by atoms with van der Waals surface area (Å²) >= 11 is 0. The maximum absolute atomic E-state index is 10.7. The second-order valence-electron chi connectivity index (χ2n) is 4.54. The highest BCUT2D eigenvalue weighted by atomic mass is 16.4. The Balaban J connectivity index is 2.01. The van der Waals surface area contributed by atoms with E-state index in [2.05, 4.69) is 10.3 Å². The van der Waals surface area contributed by atoms with Crippen molar-refractivity contribution in [3.63, 3.8) is 0 Å². The third kappa shape index (κ3) is 3.62. The van der Waals surface area contributed by atoms with Crippen LogP contribution in [-0.2, 0) is 17.8 Å². The van der Waals surface area contributed by atoms with Crippen LogP contribution in [0, 0.1) is 6.92 Å². The van der Waals surface area contributed by atoms with Crippen molar-refractivity contribution < 1.29 is 9.90 Å². The Kier molecular flexibility index (Phi) is 3.91. The standard InChI is InChI=1S/C13H16N4O2/c1-9-2-4-10(5-3-9)7-17-8-11(15-16-17)6-12(14)13(18)19/h2-5,8,12H,6-7,14H2,1H3,(H,18,19). The molecule has 1 unspecified atom stereocenters. The van der Waals surface area contributed by atoms with Gasteiger partial charge in [-0.3, -0.25) is 4.79 Å². The van der Waals surface area contributed by atoms with E-state index < -0.39 is 12.0 Å². The van der Waals surface area contributed by atoms with E-state index in [1.807, 2.05) is 31.2 Å². The SMILES string of the molecule is Cc1ccc(Cn2cc(CC(N)C(=O)O)nn2)cc1. The molecule has 0 fully saturated rings. The number of aryl methyl sites for hydroxylation is 1. The molecule has 6 nitrogen and oxygen atoms in total. The molecule has 0 aliphatic rings. The zero-order chi connectivity index (χ0) is 13.8. The lowest BCUT2D eigenvalue weighted by atomic mass is 10.1. The number of carboxylic acid groups (broad SMARTS) is 1. The van der Waals surface area contributed by atoms with Crippen LogP contribution in [0.2, 0.25) is 0 Å². The average molecular weight is 260 g/mol. The molecule has 0 aliphatic carbocycles. The number of rotatable bonds is 5. The van der Waals surface area contributed by atoms with Crippen LogP contribution in [0.25, 0.3) is 0 Å². The fourth-order valence-electron chi connectivity index (χ4n) is 1.70. The number of carboxylic acids is 1. The lowest BCUT2D eigenvalue weighted by Crippen LogP contribution is -2.32. The highest BCUT2D eigenvalue weighted by Crippen LogP contribution is 2.06. The molecule has 0 bridgehead atoms. The normalized spacial score (nSPS) is 12.3. The first kappa shape index (κ1) is 13.2. The van der Waals surface area contributed by atoms with Crippen LogP contribution in [0.5, 0.6) is 0 Å². The number of nitrogens with zero attached hydrogens (tertiary/aromatic N) is 3. The molecule has 1 atom stereocenters. The number of nitrogens with two attached hydrogens (primary N) is 1. The van der Waals surface area contributed by atoms with E-state index >= 15 is 0 Å². The number of benzene rings is 1. The van der Waals surface area contributed by atoms with Crippen LogP contribution in [0.1, 0.15) is 16.8 Å². The first-order chi connectivity index (χ1) is 9.04. The molecule has 0 spiro atoms. The quantitative estimate of drug-likeness (QED) is 0.820. The first-order valence-corrected chi connectivity index (χ1v) is 5.97. The molecule has 100 valence electrons. The average Bonchev–Trinajstić information content (AvgIpc) is 2.79. The van der Waals surface area contributed by atoms with Crippen molar-refractivity contribution in [2.24, 2.45) is 5.73 Å². The van der Waals surface area contributed by atoms with Gasteiger partial charge in [-0.15, -0.1) is 5.10 Å². The molecule has 6 heteroatoms. The van der Waals surface area contributed by atoms with Crippen molar-refractivity contribution in [3.8, 4) is 0 Å². The van der Waals surface area contributed by atoms with Crippen molar-refractivity contribution >= 4 is 5.97 Å². The number of aromatic nitrogens is 3. The van der Waals surface area contributed by atoms with Crippen molar-refractivity contribution in [1.82, 2.24) is 15.0 Å². The predicted molar refractivity (Wildman–Crippen MR) is 69.6 cm³/mol. The maximum atomic E-state index is 10.7. The Hall–Kier alpha value is -2.21. The summed E-state index contributed by atoms with van der Waals surface area (Å²) in [6, 6.07) is 7.19. The number of hydrogen-bond donors (Lipinski definition) is 2. The van der Waals surface area contributed by atoms with Gasteiger partial charge in [0.1, 0.15) is 6.04 Å². The number of hydrogen-bond acceptors (Lipinski definition) is 4. The highest BCUT2D eigenvalue weighted by molar-refractivity contribution is 5.73. The van der Waals surface area contributed by atoms with Crippen LogP contribution in [-0.4, -0.2) is 32.1 Å². The van der Waals surface area contributed by atoms with Crippen molar-refractivity contribution in [2.45, 2.75) is 25.9 Å². The van der Waals surface area contributed by atoms with E-state index in [0.717, 1.165) is 5.56 Å². The predicted octanol–water partition coefficient (Wildman–Crippen LogP) is 0.589. The minimum atomic E-state index is -1.03. The van der Waals surface area contributed by atoms with Gasteiger partial charge in [0.15, 0.2) is 0 Å². The van der Waals surface area contributed by atoms with Crippen LogP contribution < -0.4 is 5.73 Å². The lowest BCUT2D eigenvalue weighted by molar-refractivity contribution is -0.138. The fraction of sp³-hybridized carbons (Fsp3) is 0.308. The van der Waals surface area contributed by atoms with Crippen LogP contribution in [0.3, 0.4) is 0 Å². The van der Waals surface area contributed by atoms with E-state index in [0.29, 0.717) is 12.2 Å². The van der Waals surface area contributed by atoms with E-state index in [-0.39, 0.29) is 6.42 Å². The largest absolute Gasteiger partial charge is 0.480 e. The van der Waals surface area contributed by atoms with Gasteiger partial charge in [-0.1, -0.05) is 35.0 Å². The second-order valence-corrected chi connectivity index (χ2v) is 4.54. The fourth-order valence-corrected chi connectivity index (χ4v) is 1.70. The molecule has 1 aromatic heterocycles. The molecule has 0 radical (unpaired) electrons. The van der Waals surface area contributed by atoms with E-state index in [1.165, 1.54) is 5.56 Å². The number of carbonyl (C=O) groups is 1. The molecule has 0 amide bonds. The molecule has 3 N–H and O–H groups in total. The highest BCUT2D eigenvalue weighted by Gasteiger charge is 2.14. The Labute approximate surface area is 110 Å². The van der Waals surface area contributed by atoms with E-state index in [1.54, 1.807) is 10.9 Å². The van der Waals surface area contributed by atoms with Gasteiger partial charge in [-0.05, 0) is 12.5 Å². The molecule has 2 rings (SSSR count). The third-order valence-corrected chi connectivity index (χ3v) is 2.80. The summed E-state index contributed by atoms with van der Waals surface area (Å²) in [6.07, 6.45) is 1.91. The monoisotopic (exact) mass is 260 g/mol. The minimum absolute atomic E-state index is 0.184. The molecule has 0 aliphatic heterocycles. The molecule has 0 saturated heterocycles. The van der Waals surface area contributed by atoms with E-state index in [9.17, 15) is 4.79 Å². The molecule has 0 saturated carbocycles. The van der Waals surface area contributed by atoms with Gasteiger partial charge in [-0.2, -0.15) is 0 Å². The van der Waals surface area contributed by atoms with Crippen LogP contribution in [0.15, 0.2) is 30.5 Å². The summed E-state index contributed by atoms with van der Waals surface area (Å²) in [6.45, 7) is 2.64. The smallest absolute Gasteiger partial charge is 0.320 e. The molecule has 19 heavy (non-hydrogen) atoms.